The van der Waals surface area contributed by atoms with E-state index < -0.39 is 26.6 Å². The molecule has 4 aromatic rings. The number of halogens is 2. The maximum atomic E-state index is 2.62. The molecule has 2 aliphatic carbocycles. The van der Waals surface area contributed by atoms with Crippen LogP contribution in [0.3, 0.4) is 0 Å². The average molecular weight is 691 g/mol. The summed E-state index contributed by atoms with van der Waals surface area (Å²) >= 11 is -2.04. The van der Waals surface area contributed by atoms with Crippen LogP contribution in [0.2, 0.25) is 13.1 Å². The predicted octanol–water partition coefficient (Wildman–Crippen LogP) is 2.47. The molecule has 4 heteroatoms. The summed E-state index contributed by atoms with van der Waals surface area (Å²) < 4.78 is 1.43. The standard InChI is InChI=1S/2C15H11.C2H7Si.2ClH.Hf/c2*1-2-5-12(6-3-1)15-10-9-13-7-4-8-14(13)11-15;1-3-2;;;/h2*1-11H;3H,1-2H3;2*1H;/q;;;;;+2/p-2. The van der Waals surface area contributed by atoms with Gasteiger partial charge in [0.2, 0.25) is 0 Å². The zero-order valence-corrected chi connectivity index (χ0v) is 26.8. The molecule has 0 amide bonds. The third-order valence-corrected chi connectivity index (χ3v) is 37.7. The second kappa shape index (κ2) is 11.6. The first-order valence-electron chi connectivity index (χ1n) is 12.3. The largest absolute Gasteiger partial charge is 1.00 e. The van der Waals surface area contributed by atoms with E-state index in [-0.39, 0.29) is 24.8 Å². The van der Waals surface area contributed by atoms with Crippen molar-refractivity contribution < 1.29 is 45.4 Å². The number of hydrogen-bond donors (Lipinski definition) is 0. The third-order valence-electron chi connectivity index (χ3n) is 7.38. The zero-order valence-electron chi connectivity index (χ0n) is 20.5. The van der Waals surface area contributed by atoms with E-state index in [2.05, 4.69) is 134 Å². The maximum Gasteiger partial charge on any atom is -1.00 e. The van der Waals surface area contributed by atoms with Gasteiger partial charge in [-0.25, -0.2) is 0 Å². The summed E-state index contributed by atoms with van der Waals surface area (Å²) in [6.45, 7) is 5.24. The van der Waals surface area contributed by atoms with Crippen molar-refractivity contribution in [2.24, 2.45) is 0 Å². The summed E-state index contributed by atoms with van der Waals surface area (Å²) in [5.74, 6) is -0.743. The monoisotopic (exact) mass is 691 g/mol. The Morgan fingerprint density at radius 2 is 0.944 bits per heavy atom. The Bertz CT molecular complexity index is 1290. The molecule has 0 saturated carbocycles. The molecule has 2 atom stereocenters. The maximum absolute atomic E-state index is 2.62. The molecule has 4 aromatic carbocycles. The van der Waals surface area contributed by atoms with Gasteiger partial charge in [-0.05, 0) is 0 Å². The van der Waals surface area contributed by atoms with Gasteiger partial charge < -0.3 is 24.8 Å². The number of benzene rings is 4. The molecular formula is C32H29Cl2HfSi. The van der Waals surface area contributed by atoms with E-state index in [1.54, 1.807) is 11.1 Å². The van der Waals surface area contributed by atoms with Crippen LogP contribution in [0.5, 0.6) is 0 Å². The smallest absolute Gasteiger partial charge is 1.00 e. The Balaban J connectivity index is 0.00000152. The average Bonchev–Trinajstić information content (AvgIpc) is 3.49. The van der Waals surface area contributed by atoms with Crippen LogP contribution in [0.4, 0.5) is 0 Å². The van der Waals surface area contributed by atoms with Crippen LogP contribution in [0, 0.1) is 0 Å². The van der Waals surface area contributed by atoms with Gasteiger partial charge in [-0.15, -0.1) is 0 Å². The molecule has 6 rings (SSSR count). The van der Waals surface area contributed by atoms with Gasteiger partial charge in [0.1, 0.15) is 0 Å². The van der Waals surface area contributed by atoms with Crippen LogP contribution in [-0.2, 0) is 20.6 Å². The molecule has 36 heavy (non-hydrogen) atoms. The number of fused-ring (bicyclic) bond motifs is 2. The molecule has 0 radical (unpaired) electrons. The molecule has 0 nitrogen and oxygen atoms in total. The fourth-order valence-corrected chi connectivity index (χ4v) is 35.5. The van der Waals surface area contributed by atoms with E-state index in [9.17, 15) is 0 Å². The molecular weight excluding hydrogens is 662 g/mol. The van der Waals surface area contributed by atoms with E-state index >= 15 is 0 Å². The third kappa shape index (κ3) is 5.06. The summed E-state index contributed by atoms with van der Waals surface area (Å²) in [5.41, 5.74) is 11.4. The van der Waals surface area contributed by atoms with E-state index in [4.69, 9.17) is 0 Å². The van der Waals surface area contributed by atoms with Crippen LogP contribution >= 0.6 is 0 Å². The molecule has 2 aliphatic rings. The summed E-state index contributed by atoms with van der Waals surface area (Å²) in [4.78, 5) is 0. The summed E-state index contributed by atoms with van der Waals surface area (Å²) in [6.07, 6.45) is 10.0. The van der Waals surface area contributed by atoms with E-state index in [1.165, 1.54) is 33.4 Å². The minimum absolute atomic E-state index is 0. The van der Waals surface area contributed by atoms with Crippen LogP contribution in [0.25, 0.3) is 34.4 Å². The molecule has 0 aliphatic heterocycles. The van der Waals surface area contributed by atoms with Crippen molar-refractivity contribution in [2.75, 3.05) is 0 Å². The molecule has 0 fully saturated rings. The van der Waals surface area contributed by atoms with Crippen molar-refractivity contribution in [1.82, 2.24) is 0 Å². The van der Waals surface area contributed by atoms with Crippen LogP contribution < -0.4 is 24.8 Å². The summed E-state index contributed by atoms with van der Waals surface area (Å²) in [6, 6.07) is 36.0. The van der Waals surface area contributed by atoms with Gasteiger partial charge in [-0.2, -0.15) is 0 Å². The molecule has 0 heterocycles. The molecule has 2 unspecified atom stereocenters. The van der Waals surface area contributed by atoms with Gasteiger partial charge in [-0.3, -0.25) is 0 Å². The van der Waals surface area contributed by atoms with Crippen molar-refractivity contribution in [1.29, 1.82) is 0 Å². The van der Waals surface area contributed by atoms with E-state index in [1.807, 2.05) is 0 Å². The van der Waals surface area contributed by atoms with E-state index in [0.29, 0.717) is 7.35 Å². The van der Waals surface area contributed by atoms with Gasteiger partial charge in [0.25, 0.3) is 0 Å². The topological polar surface area (TPSA) is 0 Å². The fourth-order valence-electron chi connectivity index (χ4n) is 5.73. The predicted molar refractivity (Wildman–Crippen MR) is 146 cm³/mol. The quantitative estimate of drug-likeness (QED) is 0.283. The van der Waals surface area contributed by atoms with E-state index in [0.717, 1.165) is 0 Å². The Morgan fingerprint density at radius 1 is 0.528 bits per heavy atom. The van der Waals surface area contributed by atoms with Crippen molar-refractivity contribution >= 4 is 18.1 Å². The summed E-state index contributed by atoms with van der Waals surface area (Å²) in [5, 5.41) is 0. The SMILES string of the molecule is C[SiH](C)[Hf+2]([CH]1C=Cc2cc(-c3ccccc3)ccc21)[CH]1C=Cc2cc(-c3ccccc3)ccc21.[Cl-].[Cl-]. The number of rotatable bonds is 5. The molecule has 0 spiro atoms. The van der Waals surface area contributed by atoms with Gasteiger partial charge in [0.15, 0.2) is 0 Å². The van der Waals surface area contributed by atoms with Crippen LogP contribution in [-0.4, -0.2) is 5.98 Å². The second-order valence-corrected chi connectivity index (χ2v) is 38.0. The van der Waals surface area contributed by atoms with Crippen LogP contribution in [0.1, 0.15) is 29.6 Å². The Hall–Kier alpha value is -1.97. The Labute approximate surface area is 236 Å². The number of allylic oxidation sites excluding steroid dienone is 2. The van der Waals surface area contributed by atoms with Gasteiger partial charge in [-0.1, -0.05) is 0 Å². The first-order valence-corrected chi connectivity index (χ1v) is 25.6. The molecule has 179 valence electrons. The van der Waals surface area contributed by atoms with Crippen molar-refractivity contribution in [3.05, 3.63) is 131 Å². The Morgan fingerprint density at radius 3 is 1.33 bits per heavy atom. The minimum atomic E-state index is -2.04. The number of hydrogen-bond acceptors (Lipinski definition) is 0. The minimum Gasteiger partial charge on any atom is -1.00 e. The van der Waals surface area contributed by atoms with Gasteiger partial charge >= 0.3 is 213 Å². The normalized spacial score (nSPS) is 16.8. The second-order valence-electron chi connectivity index (χ2n) is 9.75. The van der Waals surface area contributed by atoms with Crippen molar-refractivity contribution in [3.8, 4) is 22.3 Å². The molecule has 0 aromatic heterocycles. The Kier molecular flexibility index (Phi) is 8.73. The van der Waals surface area contributed by atoms with Crippen LogP contribution in [0.15, 0.2) is 109 Å². The molecule has 0 bridgehead atoms. The summed E-state index contributed by atoms with van der Waals surface area (Å²) in [7, 11) is 0. The fraction of sp³-hybridized carbons (Fsp3) is 0.125. The first kappa shape index (κ1) is 27.1. The molecule has 0 saturated heterocycles. The van der Waals surface area contributed by atoms with Gasteiger partial charge in [0.05, 0.1) is 0 Å². The first-order chi connectivity index (χ1) is 16.7. The van der Waals surface area contributed by atoms with Crippen molar-refractivity contribution in [3.63, 3.8) is 0 Å². The molecule has 0 N–H and O–H groups in total. The zero-order chi connectivity index (χ0) is 23.1. The van der Waals surface area contributed by atoms with Crippen molar-refractivity contribution in [2.45, 2.75) is 20.4 Å². The van der Waals surface area contributed by atoms with Gasteiger partial charge in [0, 0.05) is 0 Å².